The van der Waals surface area contributed by atoms with E-state index in [1.165, 1.54) is 17.3 Å². The van der Waals surface area contributed by atoms with Gasteiger partial charge in [0, 0.05) is 35.1 Å². The molecular formula is C21H29N3O3S. The minimum atomic E-state index is -0.371. The lowest BCUT2D eigenvalue weighted by atomic mass is 10.0. The van der Waals surface area contributed by atoms with Crippen LogP contribution in [0.4, 0.5) is 5.69 Å². The Morgan fingerprint density at radius 2 is 2.07 bits per heavy atom. The van der Waals surface area contributed by atoms with Gasteiger partial charge in [-0.25, -0.2) is 5.48 Å². The number of hydrogen-bond donors (Lipinski definition) is 3. The average Bonchev–Trinajstić information content (AvgIpc) is 3.07. The van der Waals surface area contributed by atoms with Gasteiger partial charge in [-0.3, -0.25) is 14.6 Å². The average molecular weight is 404 g/mol. The fraction of sp³-hybridized carbons (Fsp3) is 0.429. The number of aliphatic hydroxyl groups excluding tert-OH is 1. The van der Waals surface area contributed by atoms with Gasteiger partial charge in [0.25, 0.3) is 5.91 Å². The first kappa shape index (κ1) is 22.2. The lowest BCUT2D eigenvalue weighted by molar-refractivity contribution is -0.133. The van der Waals surface area contributed by atoms with Crippen LogP contribution in [0.1, 0.15) is 43.0 Å². The van der Waals surface area contributed by atoms with Crippen molar-refractivity contribution in [2.75, 3.05) is 18.5 Å². The molecule has 1 amide bonds. The number of pyridine rings is 1. The van der Waals surface area contributed by atoms with Crippen molar-refractivity contribution in [1.29, 1.82) is 0 Å². The van der Waals surface area contributed by atoms with Gasteiger partial charge in [0.1, 0.15) is 5.25 Å². The Labute approximate surface area is 171 Å². The van der Waals surface area contributed by atoms with Gasteiger partial charge in [-0.15, -0.1) is 11.8 Å². The smallest absolute Gasteiger partial charge is 0.259 e. The van der Waals surface area contributed by atoms with E-state index in [-0.39, 0.29) is 30.4 Å². The van der Waals surface area contributed by atoms with Crippen LogP contribution in [0.25, 0.3) is 0 Å². The molecule has 152 valence electrons. The van der Waals surface area contributed by atoms with E-state index in [0.717, 1.165) is 21.7 Å². The second-order valence-electron chi connectivity index (χ2n) is 6.28. The SMILES string of the molecule is CC.Cc1ccc(NC2c3cnccc3SC2C(=O)NOCCCO)c(C)c1. The number of carbonyl (C=O) groups excluding carboxylic acids is 1. The molecule has 2 unspecified atom stereocenters. The summed E-state index contributed by atoms with van der Waals surface area (Å²) in [5, 5.41) is 11.9. The van der Waals surface area contributed by atoms with Gasteiger partial charge >= 0.3 is 0 Å². The number of hydrogen-bond acceptors (Lipinski definition) is 6. The maximum atomic E-state index is 12.6. The van der Waals surface area contributed by atoms with Gasteiger partial charge in [-0.05, 0) is 38.0 Å². The molecule has 6 nitrogen and oxygen atoms in total. The summed E-state index contributed by atoms with van der Waals surface area (Å²) in [7, 11) is 0. The van der Waals surface area contributed by atoms with Crippen molar-refractivity contribution in [3.63, 3.8) is 0 Å². The number of aromatic nitrogens is 1. The van der Waals surface area contributed by atoms with Gasteiger partial charge < -0.3 is 10.4 Å². The van der Waals surface area contributed by atoms with Crippen molar-refractivity contribution >= 4 is 23.4 Å². The summed E-state index contributed by atoms with van der Waals surface area (Å²) in [4.78, 5) is 23.1. The normalized spacial score (nSPS) is 17.3. The highest BCUT2D eigenvalue weighted by molar-refractivity contribution is 8.01. The Morgan fingerprint density at radius 1 is 1.29 bits per heavy atom. The molecule has 0 saturated heterocycles. The summed E-state index contributed by atoms with van der Waals surface area (Å²) in [5.41, 5.74) is 6.83. The molecule has 1 aliphatic rings. The number of thioether (sulfide) groups is 1. The Hall–Kier alpha value is -2.09. The number of fused-ring (bicyclic) bond motifs is 1. The predicted octanol–water partition coefficient (Wildman–Crippen LogP) is 3.78. The van der Waals surface area contributed by atoms with Gasteiger partial charge in [-0.1, -0.05) is 31.5 Å². The molecule has 0 fully saturated rings. The van der Waals surface area contributed by atoms with Gasteiger partial charge in [0.15, 0.2) is 0 Å². The van der Waals surface area contributed by atoms with E-state index < -0.39 is 0 Å². The number of anilines is 1. The monoisotopic (exact) mass is 403 g/mol. The number of hydroxylamine groups is 1. The first-order valence-corrected chi connectivity index (χ1v) is 10.4. The second kappa shape index (κ2) is 11.0. The molecular weight excluding hydrogens is 374 g/mol. The summed E-state index contributed by atoms with van der Waals surface area (Å²) < 4.78 is 0. The van der Waals surface area contributed by atoms with Crippen molar-refractivity contribution in [3.05, 3.63) is 53.3 Å². The zero-order valence-electron chi connectivity index (χ0n) is 16.9. The molecule has 0 bridgehead atoms. The molecule has 0 aliphatic carbocycles. The van der Waals surface area contributed by atoms with Crippen LogP contribution in [0.15, 0.2) is 41.6 Å². The summed E-state index contributed by atoms with van der Waals surface area (Å²) >= 11 is 1.50. The lowest BCUT2D eigenvalue weighted by Crippen LogP contribution is -2.37. The number of amides is 1. The van der Waals surface area contributed by atoms with E-state index in [1.807, 2.05) is 32.2 Å². The van der Waals surface area contributed by atoms with E-state index in [0.29, 0.717) is 6.42 Å². The molecule has 1 aromatic carbocycles. The maximum absolute atomic E-state index is 12.6. The van der Waals surface area contributed by atoms with Gasteiger partial charge in [0.05, 0.1) is 12.6 Å². The molecule has 28 heavy (non-hydrogen) atoms. The Kier molecular flexibility index (Phi) is 8.76. The number of benzene rings is 1. The van der Waals surface area contributed by atoms with Crippen LogP contribution in [0.2, 0.25) is 0 Å². The molecule has 7 heteroatoms. The highest BCUT2D eigenvalue weighted by atomic mass is 32.2. The fourth-order valence-corrected chi connectivity index (χ4v) is 4.16. The molecule has 0 saturated carbocycles. The molecule has 0 radical (unpaired) electrons. The van der Waals surface area contributed by atoms with Crippen molar-refractivity contribution in [2.45, 2.75) is 50.3 Å². The first-order valence-electron chi connectivity index (χ1n) is 9.57. The zero-order chi connectivity index (χ0) is 20.5. The lowest BCUT2D eigenvalue weighted by Gasteiger charge is -2.22. The van der Waals surface area contributed by atoms with E-state index in [1.54, 1.807) is 6.20 Å². The predicted molar refractivity (Wildman–Crippen MR) is 113 cm³/mol. The minimum absolute atomic E-state index is 0.0298. The van der Waals surface area contributed by atoms with Crippen molar-refractivity contribution in [1.82, 2.24) is 10.5 Å². The second-order valence-corrected chi connectivity index (χ2v) is 7.47. The quantitative estimate of drug-likeness (QED) is 0.482. The number of aryl methyl sites for hydroxylation is 2. The van der Waals surface area contributed by atoms with Crippen LogP contribution in [-0.2, 0) is 9.63 Å². The van der Waals surface area contributed by atoms with Gasteiger partial charge in [0.2, 0.25) is 0 Å². The summed E-state index contributed by atoms with van der Waals surface area (Å²) in [6, 6.07) is 7.93. The van der Waals surface area contributed by atoms with Crippen LogP contribution < -0.4 is 10.8 Å². The molecule has 3 N–H and O–H groups in total. The highest BCUT2D eigenvalue weighted by Gasteiger charge is 2.38. The van der Waals surface area contributed by atoms with Crippen molar-refractivity contribution < 1.29 is 14.7 Å². The Morgan fingerprint density at radius 3 is 2.79 bits per heavy atom. The zero-order valence-corrected chi connectivity index (χ0v) is 17.7. The summed E-state index contributed by atoms with van der Waals surface area (Å²) in [5.74, 6) is -0.202. The number of nitrogens with one attached hydrogen (secondary N) is 2. The third-order valence-electron chi connectivity index (χ3n) is 4.23. The van der Waals surface area contributed by atoms with E-state index >= 15 is 0 Å². The topological polar surface area (TPSA) is 83.5 Å². The molecule has 1 aromatic heterocycles. The minimum Gasteiger partial charge on any atom is -0.396 e. The third-order valence-corrected chi connectivity index (χ3v) is 5.60. The Balaban J connectivity index is 0.00000136. The molecule has 1 aliphatic heterocycles. The molecule has 0 spiro atoms. The number of carbonyl (C=O) groups is 1. The standard InChI is InChI=1S/C19H23N3O3S.C2H6/c1-12-4-5-15(13(2)10-12)21-17-14-11-20-7-6-16(14)26-18(17)19(24)22-25-9-3-8-23;1-2/h4-7,10-11,17-18,21,23H,3,8-9H2,1-2H3,(H,22,24);1-2H3. The van der Waals surface area contributed by atoms with Crippen LogP contribution in [0, 0.1) is 13.8 Å². The van der Waals surface area contributed by atoms with Gasteiger partial charge in [-0.2, -0.15) is 0 Å². The van der Waals surface area contributed by atoms with E-state index in [4.69, 9.17) is 9.94 Å². The van der Waals surface area contributed by atoms with Crippen LogP contribution in [-0.4, -0.2) is 34.5 Å². The highest BCUT2D eigenvalue weighted by Crippen LogP contribution is 2.45. The molecule has 2 atom stereocenters. The summed E-state index contributed by atoms with van der Waals surface area (Å²) in [6.45, 7) is 8.42. The Bertz CT molecular complexity index is 785. The van der Waals surface area contributed by atoms with Crippen LogP contribution in [0.5, 0.6) is 0 Å². The fourth-order valence-electron chi connectivity index (χ4n) is 2.92. The maximum Gasteiger partial charge on any atom is 0.259 e. The van der Waals surface area contributed by atoms with E-state index in [9.17, 15) is 4.79 Å². The van der Waals surface area contributed by atoms with Crippen molar-refractivity contribution in [2.24, 2.45) is 0 Å². The van der Waals surface area contributed by atoms with Crippen LogP contribution >= 0.6 is 11.8 Å². The number of nitrogens with zero attached hydrogens (tertiary/aromatic N) is 1. The van der Waals surface area contributed by atoms with Crippen LogP contribution in [0.3, 0.4) is 0 Å². The van der Waals surface area contributed by atoms with E-state index in [2.05, 4.69) is 41.8 Å². The molecule has 2 aromatic rings. The molecule has 3 rings (SSSR count). The largest absolute Gasteiger partial charge is 0.396 e. The third kappa shape index (κ3) is 5.47. The molecule has 2 heterocycles. The number of rotatable bonds is 7. The summed E-state index contributed by atoms with van der Waals surface area (Å²) in [6.07, 6.45) is 4.02. The van der Waals surface area contributed by atoms with Crippen molar-refractivity contribution in [3.8, 4) is 0 Å². The first-order chi connectivity index (χ1) is 13.6. The number of aliphatic hydroxyl groups is 1.